The van der Waals surface area contributed by atoms with Crippen molar-refractivity contribution in [2.75, 3.05) is 20.6 Å². The standard InChI is InChI=1S/C23H28N6O.HI/c1-17(19-8-5-10-21(16-19)29-14-6-12-27-29)28-23(25-3)26-13-11-18-7-4-9-20(15-18)22(30)24-2;/h4-10,12,14-17H,11,13H2,1-3H3,(H,24,30)(H2,25,26,28);1H. The van der Waals surface area contributed by atoms with Gasteiger partial charge in [0.15, 0.2) is 5.96 Å². The van der Waals surface area contributed by atoms with E-state index >= 15 is 0 Å². The average Bonchev–Trinajstić information content (AvgIpc) is 3.33. The van der Waals surface area contributed by atoms with Gasteiger partial charge in [0.1, 0.15) is 0 Å². The van der Waals surface area contributed by atoms with Crippen LogP contribution in [0.15, 0.2) is 72.0 Å². The van der Waals surface area contributed by atoms with Crippen LogP contribution < -0.4 is 16.0 Å². The molecule has 164 valence electrons. The van der Waals surface area contributed by atoms with E-state index in [4.69, 9.17) is 0 Å². The molecule has 0 saturated heterocycles. The number of hydrogen-bond acceptors (Lipinski definition) is 3. The molecule has 1 atom stereocenters. The number of nitrogens with one attached hydrogen (secondary N) is 3. The number of nitrogens with zero attached hydrogens (tertiary/aromatic N) is 3. The van der Waals surface area contributed by atoms with Gasteiger partial charge in [0, 0.05) is 38.6 Å². The number of halogens is 1. The largest absolute Gasteiger partial charge is 0.356 e. The van der Waals surface area contributed by atoms with Gasteiger partial charge in [-0.3, -0.25) is 9.79 Å². The first-order valence-electron chi connectivity index (χ1n) is 9.99. The summed E-state index contributed by atoms with van der Waals surface area (Å²) in [5.74, 6) is 0.655. The van der Waals surface area contributed by atoms with Crippen molar-refractivity contribution in [1.82, 2.24) is 25.7 Å². The summed E-state index contributed by atoms with van der Waals surface area (Å²) in [5, 5.41) is 13.7. The number of aliphatic imine (C=N–C) groups is 1. The Balaban J connectivity index is 0.00000341. The van der Waals surface area contributed by atoms with Crippen LogP contribution >= 0.6 is 24.0 Å². The number of rotatable bonds is 7. The summed E-state index contributed by atoms with van der Waals surface area (Å²) in [7, 11) is 3.40. The highest BCUT2D eigenvalue weighted by Crippen LogP contribution is 2.16. The van der Waals surface area contributed by atoms with Crippen LogP contribution in [0.2, 0.25) is 0 Å². The van der Waals surface area contributed by atoms with Gasteiger partial charge < -0.3 is 16.0 Å². The highest BCUT2D eigenvalue weighted by molar-refractivity contribution is 14.0. The van der Waals surface area contributed by atoms with Crippen LogP contribution in [-0.2, 0) is 6.42 Å². The van der Waals surface area contributed by atoms with E-state index in [2.05, 4.69) is 45.1 Å². The molecule has 1 heterocycles. The van der Waals surface area contributed by atoms with E-state index in [0.29, 0.717) is 12.1 Å². The minimum atomic E-state index is -0.0755. The third-order valence-electron chi connectivity index (χ3n) is 4.84. The molecule has 3 rings (SSSR count). The predicted octanol–water partition coefficient (Wildman–Crippen LogP) is 3.32. The van der Waals surface area contributed by atoms with Crippen LogP contribution in [0.5, 0.6) is 0 Å². The number of guanidine groups is 1. The van der Waals surface area contributed by atoms with E-state index in [9.17, 15) is 4.79 Å². The van der Waals surface area contributed by atoms with Crippen LogP contribution in [0.4, 0.5) is 0 Å². The molecule has 8 heteroatoms. The molecule has 0 aliphatic heterocycles. The van der Waals surface area contributed by atoms with E-state index in [1.807, 2.05) is 53.3 Å². The zero-order valence-corrected chi connectivity index (χ0v) is 20.3. The van der Waals surface area contributed by atoms with Crippen molar-refractivity contribution in [3.63, 3.8) is 0 Å². The van der Waals surface area contributed by atoms with E-state index in [1.165, 1.54) is 0 Å². The number of benzene rings is 2. The highest BCUT2D eigenvalue weighted by atomic mass is 127. The summed E-state index contributed by atoms with van der Waals surface area (Å²) in [6, 6.07) is 17.9. The third kappa shape index (κ3) is 6.81. The van der Waals surface area contributed by atoms with Crippen molar-refractivity contribution >= 4 is 35.8 Å². The SMILES string of the molecule is CN=C(NCCc1cccc(C(=O)NC)c1)NC(C)c1cccc(-n2cccn2)c1.I. The second-order valence-corrected chi connectivity index (χ2v) is 6.94. The molecule has 2 aromatic carbocycles. The zero-order chi connectivity index (χ0) is 21.3. The van der Waals surface area contributed by atoms with Crippen LogP contribution in [0, 0.1) is 0 Å². The van der Waals surface area contributed by atoms with Crippen molar-refractivity contribution in [2.45, 2.75) is 19.4 Å². The molecular formula is C23H29IN6O. The minimum Gasteiger partial charge on any atom is -0.356 e. The third-order valence-corrected chi connectivity index (χ3v) is 4.84. The van der Waals surface area contributed by atoms with Gasteiger partial charge in [-0.1, -0.05) is 24.3 Å². The lowest BCUT2D eigenvalue weighted by Crippen LogP contribution is -2.39. The van der Waals surface area contributed by atoms with Crippen molar-refractivity contribution < 1.29 is 4.79 Å². The molecule has 0 bridgehead atoms. The van der Waals surface area contributed by atoms with Gasteiger partial charge in [0.2, 0.25) is 0 Å². The lowest BCUT2D eigenvalue weighted by Gasteiger charge is -2.19. The van der Waals surface area contributed by atoms with Crippen LogP contribution in [0.1, 0.15) is 34.5 Å². The molecule has 0 fully saturated rings. The monoisotopic (exact) mass is 532 g/mol. The lowest BCUT2D eigenvalue weighted by molar-refractivity contribution is 0.0963. The van der Waals surface area contributed by atoms with Crippen LogP contribution in [0.3, 0.4) is 0 Å². The summed E-state index contributed by atoms with van der Waals surface area (Å²) in [6.07, 6.45) is 4.48. The quantitative estimate of drug-likeness (QED) is 0.248. The average molecular weight is 532 g/mol. The fourth-order valence-electron chi connectivity index (χ4n) is 3.18. The summed E-state index contributed by atoms with van der Waals surface area (Å²) in [4.78, 5) is 16.1. The van der Waals surface area contributed by atoms with E-state index in [0.717, 1.165) is 29.2 Å². The Morgan fingerprint density at radius 3 is 2.68 bits per heavy atom. The number of amides is 1. The Bertz CT molecular complexity index is 1000. The van der Waals surface area contributed by atoms with Crippen LogP contribution in [-0.4, -0.2) is 42.3 Å². The summed E-state index contributed by atoms with van der Waals surface area (Å²) in [5.41, 5.74) is 3.93. The molecule has 31 heavy (non-hydrogen) atoms. The Labute approximate surface area is 200 Å². The number of aromatic nitrogens is 2. The highest BCUT2D eigenvalue weighted by Gasteiger charge is 2.09. The Morgan fingerprint density at radius 2 is 1.97 bits per heavy atom. The number of carbonyl (C=O) groups is 1. The Morgan fingerprint density at radius 1 is 1.16 bits per heavy atom. The van der Waals surface area contributed by atoms with Crippen molar-refractivity contribution in [3.05, 3.63) is 83.7 Å². The molecular weight excluding hydrogens is 503 g/mol. The second-order valence-electron chi connectivity index (χ2n) is 6.94. The number of hydrogen-bond donors (Lipinski definition) is 3. The van der Waals surface area contributed by atoms with Gasteiger partial charge in [-0.2, -0.15) is 5.10 Å². The fourth-order valence-corrected chi connectivity index (χ4v) is 3.18. The molecule has 1 aromatic heterocycles. The topological polar surface area (TPSA) is 83.3 Å². The zero-order valence-electron chi connectivity index (χ0n) is 18.0. The Kier molecular flexibility index (Phi) is 9.51. The summed E-state index contributed by atoms with van der Waals surface area (Å²) >= 11 is 0. The summed E-state index contributed by atoms with van der Waals surface area (Å²) in [6.45, 7) is 2.80. The second kappa shape index (κ2) is 12.1. The first-order chi connectivity index (χ1) is 14.6. The van der Waals surface area contributed by atoms with Crippen molar-refractivity contribution in [1.29, 1.82) is 0 Å². The maximum absolute atomic E-state index is 11.8. The normalized spacial score (nSPS) is 11.9. The van der Waals surface area contributed by atoms with Crippen LogP contribution in [0.25, 0.3) is 5.69 Å². The van der Waals surface area contributed by atoms with E-state index < -0.39 is 0 Å². The molecule has 3 N–H and O–H groups in total. The molecule has 7 nitrogen and oxygen atoms in total. The minimum absolute atomic E-state index is 0. The molecule has 0 radical (unpaired) electrons. The van der Waals surface area contributed by atoms with E-state index in [-0.39, 0.29) is 35.9 Å². The van der Waals surface area contributed by atoms with Gasteiger partial charge in [0.25, 0.3) is 5.91 Å². The molecule has 1 unspecified atom stereocenters. The molecule has 0 aliphatic carbocycles. The van der Waals surface area contributed by atoms with Gasteiger partial charge in [0.05, 0.1) is 11.7 Å². The predicted molar refractivity (Wildman–Crippen MR) is 135 cm³/mol. The van der Waals surface area contributed by atoms with E-state index in [1.54, 1.807) is 20.3 Å². The fraction of sp³-hybridized carbons (Fsp3) is 0.261. The van der Waals surface area contributed by atoms with Crippen molar-refractivity contribution in [3.8, 4) is 5.69 Å². The molecule has 3 aromatic rings. The van der Waals surface area contributed by atoms with Gasteiger partial charge in [-0.25, -0.2) is 4.68 Å². The maximum atomic E-state index is 11.8. The molecule has 0 saturated carbocycles. The summed E-state index contributed by atoms with van der Waals surface area (Å²) < 4.78 is 1.84. The first kappa shape index (κ1) is 24.4. The first-order valence-corrected chi connectivity index (χ1v) is 9.99. The molecule has 0 aliphatic rings. The number of carbonyl (C=O) groups excluding carboxylic acids is 1. The van der Waals surface area contributed by atoms with Gasteiger partial charge >= 0.3 is 0 Å². The Hall–Kier alpha value is -2.88. The van der Waals surface area contributed by atoms with Gasteiger partial charge in [-0.05, 0) is 54.8 Å². The molecule has 1 amide bonds. The van der Waals surface area contributed by atoms with Gasteiger partial charge in [-0.15, -0.1) is 24.0 Å². The lowest BCUT2D eigenvalue weighted by atomic mass is 10.1. The maximum Gasteiger partial charge on any atom is 0.251 e. The smallest absolute Gasteiger partial charge is 0.251 e. The molecule has 0 spiro atoms. The van der Waals surface area contributed by atoms with Crippen molar-refractivity contribution in [2.24, 2.45) is 4.99 Å².